The van der Waals surface area contributed by atoms with Gasteiger partial charge in [0.1, 0.15) is 5.75 Å². The third kappa shape index (κ3) is 6.17. The highest BCUT2D eigenvalue weighted by Gasteiger charge is 2.09. The van der Waals surface area contributed by atoms with Gasteiger partial charge in [-0.1, -0.05) is 35.9 Å². The maximum Gasteiger partial charge on any atom is 0.309 e. The summed E-state index contributed by atoms with van der Waals surface area (Å²) in [6, 6.07) is 15.4. The summed E-state index contributed by atoms with van der Waals surface area (Å²) >= 11 is 0. The normalized spacial score (nSPS) is 10.4. The van der Waals surface area contributed by atoms with Crippen LogP contribution >= 0.6 is 0 Å². The fourth-order valence-electron chi connectivity index (χ4n) is 2.50. The van der Waals surface area contributed by atoms with E-state index in [4.69, 9.17) is 15.2 Å². The van der Waals surface area contributed by atoms with Crippen molar-refractivity contribution < 1.29 is 14.3 Å². The standard InChI is InChI=1S/C21H23N5O3/c1-14-7-9-16(10-8-14)23-21-25-18(24-20(22)26-21)13-29-19(27)11-12-28-17-6-4-3-5-15(17)2/h3-10H,11-13H2,1-2H3,(H3,22,23,24,25,26). The third-order valence-corrected chi connectivity index (χ3v) is 4.03. The van der Waals surface area contributed by atoms with E-state index < -0.39 is 5.97 Å². The second kappa shape index (κ2) is 9.50. The number of benzene rings is 2. The molecule has 1 heterocycles. The first-order chi connectivity index (χ1) is 14.0. The number of nitrogens with two attached hydrogens (primary N) is 1. The van der Waals surface area contributed by atoms with Gasteiger partial charge in [0.15, 0.2) is 12.4 Å². The maximum atomic E-state index is 12.0. The number of ether oxygens (including phenoxy) is 2. The van der Waals surface area contributed by atoms with Crippen LogP contribution in [0.3, 0.4) is 0 Å². The molecule has 0 aliphatic heterocycles. The molecule has 0 radical (unpaired) electrons. The number of anilines is 3. The van der Waals surface area contributed by atoms with E-state index in [9.17, 15) is 4.79 Å². The van der Waals surface area contributed by atoms with Crippen LogP contribution in [-0.2, 0) is 16.1 Å². The molecule has 0 spiro atoms. The van der Waals surface area contributed by atoms with E-state index in [2.05, 4.69) is 20.3 Å². The van der Waals surface area contributed by atoms with Crippen LogP contribution in [0.5, 0.6) is 5.75 Å². The number of para-hydroxylation sites is 1. The van der Waals surface area contributed by atoms with Crippen LogP contribution < -0.4 is 15.8 Å². The number of nitrogen functional groups attached to an aromatic ring is 1. The Labute approximate surface area is 169 Å². The zero-order chi connectivity index (χ0) is 20.6. The van der Waals surface area contributed by atoms with Crippen molar-refractivity contribution in [3.05, 3.63) is 65.5 Å². The van der Waals surface area contributed by atoms with Crippen LogP contribution in [0.25, 0.3) is 0 Å². The van der Waals surface area contributed by atoms with Gasteiger partial charge in [-0.25, -0.2) is 0 Å². The third-order valence-electron chi connectivity index (χ3n) is 4.03. The van der Waals surface area contributed by atoms with E-state index in [1.165, 1.54) is 0 Å². The highest BCUT2D eigenvalue weighted by atomic mass is 16.5. The molecule has 0 fully saturated rings. The van der Waals surface area contributed by atoms with E-state index in [0.717, 1.165) is 22.6 Å². The topological polar surface area (TPSA) is 112 Å². The first-order valence-electron chi connectivity index (χ1n) is 9.18. The Kier molecular flexibility index (Phi) is 6.57. The second-order valence-corrected chi connectivity index (χ2v) is 6.45. The van der Waals surface area contributed by atoms with Crippen molar-refractivity contribution in [2.45, 2.75) is 26.9 Å². The molecule has 8 nitrogen and oxygen atoms in total. The lowest BCUT2D eigenvalue weighted by Crippen LogP contribution is -2.13. The Morgan fingerprint density at radius 3 is 2.55 bits per heavy atom. The van der Waals surface area contributed by atoms with Gasteiger partial charge in [-0.3, -0.25) is 4.79 Å². The predicted molar refractivity (Wildman–Crippen MR) is 110 cm³/mol. The average molecular weight is 393 g/mol. The average Bonchev–Trinajstić information content (AvgIpc) is 2.69. The fourth-order valence-corrected chi connectivity index (χ4v) is 2.50. The molecule has 29 heavy (non-hydrogen) atoms. The monoisotopic (exact) mass is 393 g/mol. The van der Waals surface area contributed by atoms with Crippen molar-refractivity contribution in [1.29, 1.82) is 0 Å². The summed E-state index contributed by atoms with van der Waals surface area (Å²) in [4.78, 5) is 24.3. The minimum absolute atomic E-state index is 0.0450. The van der Waals surface area contributed by atoms with Crippen LogP contribution in [0.2, 0.25) is 0 Å². The summed E-state index contributed by atoms with van der Waals surface area (Å²) in [5.41, 5.74) is 8.71. The first kappa shape index (κ1) is 20.1. The number of nitrogens with zero attached hydrogens (tertiary/aromatic N) is 3. The van der Waals surface area contributed by atoms with E-state index >= 15 is 0 Å². The molecule has 0 atom stereocenters. The number of carbonyl (C=O) groups is 1. The highest BCUT2D eigenvalue weighted by molar-refractivity contribution is 5.69. The van der Waals surface area contributed by atoms with Crippen molar-refractivity contribution in [2.75, 3.05) is 17.7 Å². The summed E-state index contributed by atoms with van der Waals surface area (Å²) in [5.74, 6) is 0.932. The predicted octanol–water partition coefficient (Wildman–Crippen LogP) is 3.33. The molecule has 0 saturated carbocycles. The number of nitrogens with one attached hydrogen (secondary N) is 1. The van der Waals surface area contributed by atoms with Crippen LogP contribution in [-0.4, -0.2) is 27.5 Å². The molecular weight excluding hydrogens is 370 g/mol. The van der Waals surface area contributed by atoms with E-state index in [0.29, 0.717) is 0 Å². The Hall–Kier alpha value is -3.68. The molecule has 3 rings (SSSR count). The summed E-state index contributed by atoms with van der Waals surface area (Å²) in [6.07, 6.45) is 0.114. The van der Waals surface area contributed by atoms with E-state index in [1.54, 1.807) is 0 Å². The van der Waals surface area contributed by atoms with Gasteiger partial charge in [-0.15, -0.1) is 0 Å². The van der Waals surface area contributed by atoms with Gasteiger partial charge in [0, 0.05) is 5.69 Å². The molecular formula is C21H23N5O3. The molecule has 0 saturated heterocycles. The summed E-state index contributed by atoms with van der Waals surface area (Å²) in [5, 5.41) is 3.06. The summed E-state index contributed by atoms with van der Waals surface area (Å²) in [6.45, 7) is 4.08. The number of carbonyl (C=O) groups excluding carboxylic acids is 1. The number of aromatic nitrogens is 3. The minimum Gasteiger partial charge on any atom is -0.493 e. The number of rotatable bonds is 8. The lowest BCUT2D eigenvalue weighted by Gasteiger charge is -2.09. The van der Waals surface area contributed by atoms with E-state index in [1.807, 2.05) is 62.4 Å². The molecule has 3 N–H and O–H groups in total. The number of esters is 1. The Bertz CT molecular complexity index is 976. The minimum atomic E-state index is -0.411. The molecule has 0 aliphatic carbocycles. The Morgan fingerprint density at radius 2 is 1.79 bits per heavy atom. The Morgan fingerprint density at radius 1 is 1.03 bits per heavy atom. The van der Waals surface area contributed by atoms with Gasteiger partial charge < -0.3 is 20.5 Å². The second-order valence-electron chi connectivity index (χ2n) is 6.45. The summed E-state index contributed by atoms with van der Waals surface area (Å²) in [7, 11) is 0. The van der Waals surface area contributed by atoms with Gasteiger partial charge >= 0.3 is 5.97 Å². The van der Waals surface area contributed by atoms with Gasteiger partial charge in [-0.05, 0) is 37.6 Å². The molecule has 2 aromatic carbocycles. The molecule has 3 aromatic rings. The number of aryl methyl sites for hydroxylation is 2. The Balaban J connectivity index is 1.50. The van der Waals surface area contributed by atoms with Crippen LogP contribution in [0.4, 0.5) is 17.6 Å². The van der Waals surface area contributed by atoms with Gasteiger partial charge in [0.2, 0.25) is 11.9 Å². The van der Waals surface area contributed by atoms with Crippen molar-refractivity contribution in [2.24, 2.45) is 0 Å². The lowest BCUT2D eigenvalue weighted by molar-refractivity contribution is -0.145. The van der Waals surface area contributed by atoms with Crippen molar-refractivity contribution >= 4 is 23.6 Å². The van der Waals surface area contributed by atoms with Gasteiger partial charge in [-0.2, -0.15) is 15.0 Å². The van der Waals surface area contributed by atoms with Crippen molar-refractivity contribution in [3.63, 3.8) is 0 Å². The van der Waals surface area contributed by atoms with Crippen molar-refractivity contribution in [1.82, 2.24) is 15.0 Å². The molecule has 0 bridgehead atoms. The molecule has 0 aliphatic rings. The van der Waals surface area contributed by atoms with Crippen LogP contribution in [0.1, 0.15) is 23.4 Å². The lowest BCUT2D eigenvalue weighted by atomic mass is 10.2. The maximum absolute atomic E-state index is 12.0. The fraction of sp³-hybridized carbons (Fsp3) is 0.238. The number of hydrogen-bond donors (Lipinski definition) is 2. The molecule has 150 valence electrons. The zero-order valence-corrected chi connectivity index (χ0v) is 16.4. The SMILES string of the molecule is Cc1ccc(Nc2nc(N)nc(COC(=O)CCOc3ccccc3C)n2)cc1. The molecule has 0 amide bonds. The van der Waals surface area contributed by atoms with Crippen molar-refractivity contribution in [3.8, 4) is 5.75 Å². The van der Waals surface area contributed by atoms with E-state index in [-0.39, 0.29) is 37.4 Å². The first-order valence-corrected chi connectivity index (χ1v) is 9.18. The quantitative estimate of drug-likeness (QED) is 0.561. The highest BCUT2D eigenvalue weighted by Crippen LogP contribution is 2.17. The van der Waals surface area contributed by atoms with Gasteiger partial charge in [0.05, 0.1) is 13.0 Å². The van der Waals surface area contributed by atoms with Crippen LogP contribution in [0, 0.1) is 13.8 Å². The van der Waals surface area contributed by atoms with Crippen LogP contribution in [0.15, 0.2) is 48.5 Å². The smallest absolute Gasteiger partial charge is 0.309 e. The molecule has 8 heteroatoms. The summed E-state index contributed by atoms with van der Waals surface area (Å²) < 4.78 is 10.8. The zero-order valence-electron chi connectivity index (χ0n) is 16.4. The van der Waals surface area contributed by atoms with Gasteiger partial charge in [0.25, 0.3) is 0 Å². The largest absolute Gasteiger partial charge is 0.493 e. The molecule has 1 aromatic heterocycles. The number of hydrogen-bond acceptors (Lipinski definition) is 8. The molecule has 0 unspecified atom stereocenters.